The average molecular weight is 229 g/mol. The minimum atomic E-state index is 0.475. The Kier molecular flexibility index (Phi) is 4.62. The van der Waals surface area contributed by atoms with Crippen LogP contribution in [0.5, 0.6) is 0 Å². The van der Waals surface area contributed by atoms with Crippen LogP contribution in [0, 0.1) is 0 Å². The molecule has 15 heavy (non-hydrogen) atoms. The molecule has 0 aliphatic carbocycles. The third-order valence-corrected chi connectivity index (χ3v) is 2.30. The summed E-state index contributed by atoms with van der Waals surface area (Å²) >= 11 is 5.93. The predicted octanol–water partition coefficient (Wildman–Crippen LogP) is 2.41. The molecule has 4 nitrogen and oxygen atoms in total. The lowest BCUT2D eigenvalue weighted by molar-refractivity contribution is 0.841. The van der Waals surface area contributed by atoms with Crippen molar-refractivity contribution in [3.05, 3.63) is 11.2 Å². The van der Waals surface area contributed by atoms with Crippen molar-refractivity contribution in [3.8, 4) is 0 Å². The van der Waals surface area contributed by atoms with Gasteiger partial charge >= 0.3 is 0 Å². The average Bonchev–Trinajstić information content (AvgIpc) is 2.19. The molecule has 0 amide bonds. The molecule has 0 aromatic carbocycles. The van der Waals surface area contributed by atoms with E-state index in [9.17, 15) is 0 Å². The molecule has 1 heterocycles. The Balaban J connectivity index is 2.96. The van der Waals surface area contributed by atoms with Gasteiger partial charge < -0.3 is 10.2 Å². The maximum absolute atomic E-state index is 5.93. The van der Waals surface area contributed by atoms with Crippen LogP contribution in [-0.4, -0.2) is 29.6 Å². The minimum absolute atomic E-state index is 0.475. The van der Waals surface area contributed by atoms with Gasteiger partial charge in [0.1, 0.15) is 11.0 Å². The van der Waals surface area contributed by atoms with Crippen LogP contribution in [0.25, 0.3) is 0 Å². The molecule has 0 atom stereocenters. The van der Waals surface area contributed by atoms with E-state index >= 15 is 0 Å². The highest BCUT2D eigenvalue weighted by molar-refractivity contribution is 6.29. The fourth-order valence-electron chi connectivity index (χ4n) is 1.35. The summed E-state index contributed by atoms with van der Waals surface area (Å²) in [6.07, 6.45) is 0. The molecule has 5 heteroatoms. The summed E-state index contributed by atoms with van der Waals surface area (Å²) in [7, 11) is 0. The van der Waals surface area contributed by atoms with Crippen LogP contribution in [0.4, 0.5) is 11.8 Å². The van der Waals surface area contributed by atoms with Crippen molar-refractivity contribution < 1.29 is 0 Å². The zero-order chi connectivity index (χ0) is 11.3. The predicted molar refractivity (Wildman–Crippen MR) is 64.8 cm³/mol. The first-order chi connectivity index (χ1) is 7.21. The van der Waals surface area contributed by atoms with Crippen LogP contribution in [0.3, 0.4) is 0 Å². The third kappa shape index (κ3) is 3.23. The smallest absolute Gasteiger partial charge is 0.226 e. The number of anilines is 2. The van der Waals surface area contributed by atoms with Crippen LogP contribution >= 0.6 is 11.6 Å². The van der Waals surface area contributed by atoms with Gasteiger partial charge in [-0.1, -0.05) is 11.6 Å². The van der Waals surface area contributed by atoms with Gasteiger partial charge in [-0.05, 0) is 20.8 Å². The molecule has 84 valence electrons. The quantitative estimate of drug-likeness (QED) is 0.786. The molecule has 1 aromatic heterocycles. The molecule has 0 aliphatic rings. The molecule has 0 radical (unpaired) electrons. The molecule has 1 aromatic rings. The summed E-state index contributed by atoms with van der Waals surface area (Å²) in [6, 6.07) is 1.79. The molecule has 0 bridgehead atoms. The van der Waals surface area contributed by atoms with Crippen molar-refractivity contribution >= 4 is 23.4 Å². The van der Waals surface area contributed by atoms with Crippen molar-refractivity contribution in [2.45, 2.75) is 20.8 Å². The molecule has 0 saturated carbocycles. The molecular formula is C10H17ClN4. The van der Waals surface area contributed by atoms with E-state index in [0.717, 1.165) is 25.5 Å². The van der Waals surface area contributed by atoms with Gasteiger partial charge in [-0.25, -0.2) is 4.98 Å². The summed E-state index contributed by atoms with van der Waals surface area (Å²) in [5, 5.41) is 3.53. The second-order valence-corrected chi connectivity index (χ2v) is 3.46. The van der Waals surface area contributed by atoms with Gasteiger partial charge in [0.25, 0.3) is 0 Å². The monoisotopic (exact) mass is 228 g/mol. The van der Waals surface area contributed by atoms with E-state index in [1.807, 2.05) is 6.92 Å². The highest BCUT2D eigenvalue weighted by Gasteiger charge is 2.07. The first kappa shape index (κ1) is 12.0. The maximum Gasteiger partial charge on any atom is 0.226 e. The van der Waals surface area contributed by atoms with Gasteiger partial charge in [-0.2, -0.15) is 4.98 Å². The highest BCUT2D eigenvalue weighted by atomic mass is 35.5. The van der Waals surface area contributed by atoms with Gasteiger partial charge in [-0.3, -0.25) is 0 Å². The molecular weight excluding hydrogens is 212 g/mol. The number of hydrogen-bond acceptors (Lipinski definition) is 4. The van der Waals surface area contributed by atoms with E-state index in [2.05, 4.69) is 34.0 Å². The molecule has 1 N–H and O–H groups in total. The lowest BCUT2D eigenvalue weighted by Gasteiger charge is -2.20. The summed E-state index contributed by atoms with van der Waals surface area (Å²) in [6.45, 7) is 8.79. The Hall–Kier alpha value is -1.03. The van der Waals surface area contributed by atoms with Gasteiger partial charge in [0.15, 0.2) is 0 Å². The van der Waals surface area contributed by atoms with Crippen LogP contribution in [0.15, 0.2) is 6.07 Å². The molecule has 1 rings (SSSR count). The Bertz CT molecular complexity index is 312. The molecule has 0 spiro atoms. The minimum Gasteiger partial charge on any atom is -0.357 e. The van der Waals surface area contributed by atoms with E-state index in [1.165, 1.54) is 0 Å². The Morgan fingerprint density at radius 3 is 2.47 bits per heavy atom. The molecule has 0 fully saturated rings. The Morgan fingerprint density at radius 1 is 1.27 bits per heavy atom. The first-order valence-electron chi connectivity index (χ1n) is 5.24. The van der Waals surface area contributed by atoms with E-state index in [4.69, 9.17) is 11.6 Å². The topological polar surface area (TPSA) is 41.1 Å². The fraction of sp³-hybridized carbons (Fsp3) is 0.600. The number of hydrogen-bond donors (Lipinski definition) is 1. The molecule has 0 unspecified atom stereocenters. The Labute approximate surface area is 95.7 Å². The van der Waals surface area contributed by atoms with Crippen LogP contribution in [0.2, 0.25) is 5.15 Å². The molecule has 0 aliphatic heterocycles. The lowest BCUT2D eigenvalue weighted by atomic mass is 10.4. The van der Waals surface area contributed by atoms with E-state index in [-0.39, 0.29) is 0 Å². The van der Waals surface area contributed by atoms with Crippen molar-refractivity contribution in [1.82, 2.24) is 9.97 Å². The largest absolute Gasteiger partial charge is 0.357 e. The van der Waals surface area contributed by atoms with Crippen LogP contribution in [0.1, 0.15) is 20.8 Å². The van der Waals surface area contributed by atoms with Crippen LogP contribution < -0.4 is 10.2 Å². The summed E-state index contributed by atoms with van der Waals surface area (Å²) < 4.78 is 0. The number of nitrogens with zero attached hydrogens (tertiary/aromatic N) is 3. The number of rotatable bonds is 5. The van der Waals surface area contributed by atoms with Gasteiger partial charge in [0.2, 0.25) is 5.95 Å². The van der Waals surface area contributed by atoms with Gasteiger partial charge in [0.05, 0.1) is 0 Å². The van der Waals surface area contributed by atoms with Crippen molar-refractivity contribution in [2.75, 3.05) is 29.9 Å². The van der Waals surface area contributed by atoms with Crippen molar-refractivity contribution in [1.29, 1.82) is 0 Å². The fourth-order valence-corrected chi connectivity index (χ4v) is 1.53. The standard InChI is InChI=1S/C10H17ClN4/c1-4-12-10-13-8(11)7-9(14-10)15(5-2)6-3/h7H,4-6H2,1-3H3,(H,12,13,14). The zero-order valence-electron chi connectivity index (χ0n) is 9.42. The van der Waals surface area contributed by atoms with E-state index in [1.54, 1.807) is 6.07 Å². The van der Waals surface area contributed by atoms with Crippen molar-refractivity contribution in [3.63, 3.8) is 0 Å². The van der Waals surface area contributed by atoms with E-state index in [0.29, 0.717) is 11.1 Å². The zero-order valence-corrected chi connectivity index (χ0v) is 10.2. The third-order valence-electron chi connectivity index (χ3n) is 2.10. The maximum atomic E-state index is 5.93. The lowest BCUT2D eigenvalue weighted by Crippen LogP contribution is -2.23. The Morgan fingerprint density at radius 2 is 1.93 bits per heavy atom. The summed E-state index contributed by atoms with van der Waals surface area (Å²) in [5.74, 6) is 1.46. The summed E-state index contributed by atoms with van der Waals surface area (Å²) in [5.41, 5.74) is 0. The van der Waals surface area contributed by atoms with Gasteiger partial charge in [0, 0.05) is 25.7 Å². The number of nitrogens with one attached hydrogen (secondary N) is 1. The van der Waals surface area contributed by atoms with Gasteiger partial charge in [-0.15, -0.1) is 0 Å². The first-order valence-corrected chi connectivity index (χ1v) is 5.62. The summed E-state index contributed by atoms with van der Waals surface area (Å²) in [4.78, 5) is 10.6. The number of halogens is 1. The van der Waals surface area contributed by atoms with Crippen molar-refractivity contribution in [2.24, 2.45) is 0 Å². The number of aromatic nitrogens is 2. The molecule has 0 saturated heterocycles. The normalized spacial score (nSPS) is 10.1. The van der Waals surface area contributed by atoms with Crippen LogP contribution in [-0.2, 0) is 0 Å². The highest BCUT2D eigenvalue weighted by Crippen LogP contribution is 2.17. The SMILES string of the molecule is CCNc1nc(Cl)cc(N(CC)CC)n1. The second kappa shape index (κ2) is 5.75. The second-order valence-electron chi connectivity index (χ2n) is 3.08. The van der Waals surface area contributed by atoms with E-state index < -0.39 is 0 Å².